The van der Waals surface area contributed by atoms with Crippen LogP contribution in [-0.2, 0) is 6.42 Å². The van der Waals surface area contributed by atoms with E-state index in [0.29, 0.717) is 4.83 Å². The fourth-order valence-electron chi connectivity index (χ4n) is 2.02. The van der Waals surface area contributed by atoms with Gasteiger partial charge in [-0.3, -0.25) is 4.98 Å². The third-order valence-corrected chi connectivity index (χ3v) is 4.23. The van der Waals surface area contributed by atoms with Crippen LogP contribution in [0.5, 0.6) is 5.75 Å². The monoisotopic (exact) mass is 299 g/mol. The van der Waals surface area contributed by atoms with E-state index in [-0.39, 0.29) is 0 Å². The molecule has 0 aliphatic carbocycles. The van der Waals surface area contributed by atoms with E-state index in [2.05, 4.69) is 34.8 Å². The molecule has 1 unspecified atom stereocenters. The van der Waals surface area contributed by atoms with Crippen LogP contribution in [0.3, 0.4) is 0 Å². The van der Waals surface area contributed by atoms with Crippen molar-refractivity contribution in [2.75, 3.05) is 7.11 Å². The summed E-state index contributed by atoms with van der Waals surface area (Å²) in [6.45, 7) is 6.34. The number of nitrogens with zero attached hydrogens (tertiary/aromatic N) is 1. The van der Waals surface area contributed by atoms with Crippen LogP contribution >= 0.6 is 15.9 Å². The second-order valence-electron chi connectivity index (χ2n) is 4.44. The van der Waals surface area contributed by atoms with Gasteiger partial charge in [-0.05, 0) is 39.5 Å². The molecule has 0 N–H and O–H groups in total. The van der Waals surface area contributed by atoms with Crippen LogP contribution in [0.1, 0.15) is 43.0 Å². The van der Waals surface area contributed by atoms with Gasteiger partial charge in [0.1, 0.15) is 5.75 Å². The highest BCUT2D eigenvalue weighted by Gasteiger charge is 2.09. The average Bonchev–Trinajstić information content (AvgIpc) is 2.32. The summed E-state index contributed by atoms with van der Waals surface area (Å²) < 4.78 is 5.42. The Hall–Kier alpha value is -0.570. The molecule has 0 aromatic carbocycles. The van der Waals surface area contributed by atoms with Crippen LogP contribution in [0.2, 0.25) is 0 Å². The summed E-state index contributed by atoms with van der Waals surface area (Å²) in [6, 6.07) is 0. The zero-order valence-corrected chi connectivity index (χ0v) is 12.8. The molecule has 0 spiro atoms. The summed E-state index contributed by atoms with van der Waals surface area (Å²) >= 11 is 3.66. The van der Waals surface area contributed by atoms with Crippen LogP contribution in [0.25, 0.3) is 0 Å². The topological polar surface area (TPSA) is 22.1 Å². The van der Waals surface area contributed by atoms with Crippen molar-refractivity contribution in [1.82, 2.24) is 4.98 Å². The maximum atomic E-state index is 5.42. The third kappa shape index (κ3) is 3.98. The van der Waals surface area contributed by atoms with Gasteiger partial charge in [0.05, 0.1) is 7.11 Å². The molecule has 2 nitrogen and oxygen atoms in total. The molecule has 0 aliphatic rings. The minimum atomic E-state index is 0.634. The lowest BCUT2D eigenvalue weighted by Gasteiger charge is -2.12. The van der Waals surface area contributed by atoms with Gasteiger partial charge in [-0.1, -0.05) is 22.9 Å². The van der Waals surface area contributed by atoms with Gasteiger partial charge in [0.2, 0.25) is 0 Å². The fraction of sp³-hybridized carbons (Fsp3) is 0.643. The number of rotatable bonds is 6. The normalized spacial score (nSPS) is 12.5. The van der Waals surface area contributed by atoms with Crippen LogP contribution in [0, 0.1) is 13.8 Å². The Morgan fingerprint density at radius 3 is 2.71 bits per heavy atom. The standard InChI is InChI=1S/C14H22BrNO/c1-5-12(15)7-6-8-13-11(3)14(17-4)10(2)9-16-13/h9,12H,5-8H2,1-4H3. The highest BCUT2D eigenvalue weighted by Crippen LogP contribution is 2.25. The largest absolute Gasteiger partial charge is 0.496 e. The fourth-order valence-corrected chi connectivity index (χ4v) is 2.34. The summed E-state index contributed by atoms with van der Waals surface area (Å²) in [4.78, 5) is 5.15. The molecule has 17 heavy (non-hydrogen) atoms. The smallest absolute Gasteiger partial charge is 0.128 e. The van der Waals surface area contributed by atoms with Gasteiger partial charge in [0.25, 0.3) is 0 Å². The molecule has 0 saturated heterocycles. The van der Waals surface area contributed by atoms with Gasteiger partial charge in [-0.15, -0.1) is 0 Å². The molecule has 1 atom stereocenters. The lowest BCUT2D eigenvalue weighted by atomic mass is 10.0. The van der Waals surface area contributed by atoms with Gasteiger partial charge < -0.3 is 4.74 Å². The average molecular weight is 300 g/mol. The maximum absolute atomic E-state index is 5.42. The first-order valence-corrected chi connectivity index (χ1v) is 7.14. The van der Waals surface area contributed by atoms with Gasteiger partial charge in [0, 0.05) is 27.8 Å². The highest BCUT2D eigenvalue weighted by molar-refractivity contribution is 9.09. The molecule has 0 aliphatic heterocycles. The zero-order chi connectivity index (χ0) is 12.8. The summed E-state index contributed by atoms with van der Waals surface area (Å²) in [5.74, 6) is 0.987. The Morgan fingerprint density at radius 1 is 1.41 bits per heavy atom. The Balaban J connectivity index is 2.66. The number of aromatic nitrogens is 1. The molecule has 1 aromatic heterocycles. The van der Waals surface area contributed by atoms with E-state index < -0.39 is 0 Å². The molecule has 0 radical (unpaired) electrons. The zero-order valence-electron chi connectivity index (χ0n) is 11.2. The lowest BCUT2D eigenvalue weighted by molar-refractivity contribution is 0.406. The van der Waals surface area contributed by atoms with Crippen molar-refractivity contribution >= 4 is 15.9 Å². The van der Waals surface area contributed by atoms with Gasteiger partial charge in [-0.2, -0.15) is 0 Å². The van der Waals surface area contributed by atoms with Crippen molar-refractivity contribution in [3.63, 3.8) is 0 Å². The molecule has 0 amide bonds. The van der Waals surface area contributed by atoms with E-state index in [9.17, 15) is 0 Å². The highest BCUT2D eigenvalue weighted by atomic mass is 79.9. The first-order chi connectivity index (χ1) is 8.10. The van der Waals surface area contributed by atoms with Crippen molar-refractivity contribution < 1.29 is 4.74 Å². The predicted octanol–water partition coefficient (Wildman–Crippen LogP) is 4.20. The van der Waals surface area contributed by atoms with E-state index in [0.717, 1.165) is 17.7 Å². The van der Waals surface area contributed by atoms with Crippen molar-refractivity contribution in [2.45, 2.75) is 51.3 Å². The van der Waals surface area contributed by atoms with Crippen molar-refractivity contribution in [2.24, 2.45) is 0 Å². The summed E-state index contributed by atoms with van der Waals surface area (Å²) in [5, 5.41) is 0. The van der Waals surface area contributed by atoms with E-state index in [1.807, 2.05) is 13.1 Å². The van der Waals surface area contributed by atoms with Crippen LogP contribution in [0.4, 0.5) is 0 Å². The Labute approximate surface area is 113 Å². The summed E-state index contributed by atoms with van der Waals surface area (Å²) in [7, 11) is 1.73. The van der Waals surface area contributed by atoms with Gasteiger partial charge in [-0.25, -0.2) is 0 Å². The third-order valence-electron chi connectivity index (χ3n) is 3.12. The van der Waals surface area contributed by atoms with Gasteiger partial charge in [0.15, 0.2) is 0 Å². The molecule has 3 heteroatoms. The number of hydrogen-bond acceptors (Lipinski definition) is 2. The van der Waals surface area contributed by atoms with E-state index in [1.54, 1.807) is 7.11 Å². The number of alkyl halides is 1. The number of hydrogen-bond donors (Lipinski definition) is 0. The molecular formula is C14H22BrNO. The van der Waals surface area contributed by atoms with E-state index in [1.165, 1.54) is 30.5 Å². The number of methoxy groups -OCH3 is 1. The molecule has 1 aromatic rings. The van der Waals surface area contributed by atoms with Crippen LogP contribution in [0.15, 0.2) is 6.20 Å². The second-order valence-corrected chi connectivity index (χ2v) is 5.74. The number of halogens is 1. The van der Waals surface area contributed by atoms with Crippen LogP contribution in [-0.4, -0.2) is 16.9 Å². The lowest BCUT2D eigenvalue weighted by Crippen LogP contribution is -2.02. The first kappa shape index (κ1) is 14.5. The van der Waals surface area contributed by atoms with E-state index >= 15 is 0 Å². The number of aryl methyl sites for hydroxylation is 2. The quantitative estimate of drug-likeness (QED) is 0.734. The summed E-state index contributed by atoms with van der Waals surface area (Å²) in [6.07, 6.45) is 6.50. The Morgan fingerprint density at radius 2 is 2.12 bits per heavy atom. The van der Waals surface area contributed by atoms with E-state index in [4.69, 9.17) is 4.74 Å². The molecule has 0 fully saturated rings. The molecule has 1 heterocycles. The minimum absolute atomic E-state index is 0.634. The Kier molecular flexibility index (Phi) is 5.96. The molecule has 0 saturated carbocycles. The van der Waals surface area contributed by atoms with Crippen LogP contribution < -0.4 is 4.74 Å². The second kappa shape index (κ2) is 7.00. The first-order valence-electron chi connectivity index (χ1n) is 6.23. The Bertz CT molecular complexity index is 365. The van der Waals surface area contributed by atoms with Crippen molar-refractivity contribution in [3.05, 3.63) is 23.0 Å². The summed E-state index contributed by atoms with van der Waals surface area (Å²) in [5.41, 5.74) is 3.47. The molecular weight excluding hydrogens is 278 g/mol. The SMILES string of the molecule is CCC(Br)CCCc1ncc(C)c(OC)c1C. The minimum Gasteiger partial charge on any atom is -0.496 e. The number of pyridine rings is 1. The maximum Gasteiger partial charge on any atom is 0.128 e. The molecule has 96 valence electrons. The number of ether oxygens (including phenoxy) is 1. The van der Waals surface area contributed by atoms with Crippen molar-refractivity contribution in [3.8, 4) is 5.75 Å². The molecule has 0 bridgehead atoms. The van der Waals surface area contributed by atoms with Crippen molar-refractivity contribution in [1.29, 1.82) is 0 Å². The van der Waals surface area contributed by atoms with Gasteiger partial charge >= 0.3 is 0 Å². The molecule has 1 rings (SSSR count). The predicted molar refractivity (Wildman–Crippen MR) is 76.2 cm³/mol.